The number of amides is 1. The summed E-state index contributed by atoms with van der Waals surface area (Å²) < 4.78 is 13.5. The maximum atomic E-state index is 13.5. The van der Waals surface area contributed by atoms with Crippen molar-refractivity contribution in [3.05, 3.63) is 51.5 Å². The van der Waals surface area contributed by atoms with Crippen molar-refractivity contribution >= 4 is 22.9 Å². The zero-order chi connectivity index (χ0) is 13.1. The Morgan fingerprint density at radius 3 is 2.83 bits per heavy atom. The number of carbonyl (C=O) groups is 1. The molecule has 1 amide bonds. The van der Waals surface area contributed by atoms with Crippen LogP contribution in [0.1, 0.15) is 21.5 Å². The quantitative estimate of drug-likeness (QED) is 0.837. The zero-order valence-electron chi connectivity index (χ0n) is 9.87. The number of thiophene rings is 1. The minimum absolute atomic E-state index is 0.0112. The number of aryl methyl sites for hydroxylation is 1. The Labute approximate surface area is 108 Å². The monoisotopic (exact) mass is 264 g/mol. The van der Waals surface area contributed by atoms with Crippen LogP contribution in [-0.2, 0) is 6.54 Å². The van der Waals surface area contributed by atoms with Crippen LogP contribution in [0.3, 0.4) is 0 Å². The van der Waals surface area contributed by atoms with Gasteiger partial charge in [-0.3, -0.25) is 4.79 Å². The smallest absolute Gasteiger partial charge is 0.254 e. The molecule has 0 fully saturated rings. The highest BCUT2D eigenvalue weighted by molar-refractivity contribution is 7.08. The molecule has 2 aromatic rings. The van der Waals surface area contributed by atoms with Crippen LogP contribution in [0.2, 0.25) is 0 Å². The van der Waals surface area contributed by atoms with Gasteiger partial charge in [-0.2, -0.15) is 11.3 Å². The minimum atomic E-state index is -0.602. The number of nitrogens with two attached hydrogens (primary N) is 1. The summed E-state index contributed by atoms with van der Waals surface area (Å²) in [7, 11) is 0. The predicted octanol–water partition coefficient (Wildman–Crippen LogP) is 2.71. The Hall–Kier alpha value is -1.88. The van der Waals surface area contributed by atoms with E-state index in [2.05, 4.69) is 5.32 Å². The van der Waals surface area contributed by atoms with Gasteiger partial charge in [0, 0.05) is 12.2 Å². The molecule has 0 saturated heterocycles. The number of benzene rings is 1. The minimum Gasteiger partial charge on any atom is -0.399 e. The van der Waals surface area contributed by atoms with Gasteiger partial charge in [-0.25, -0.2) is 4.39 Å². The third-order valence-electron chi connectivity index (χ3n) is 2.64. The van der Waals surface area contributed by atoms with Crippen LogP contribution in [0.5, 0.6) is 0 Å². The lowest BCUT2D eigenvalue weighted by molar-refractivity contribution is 0.0947. The fourth-order valence-electron chi connectivity index (χ4n) is 1.55. The Kier molecular flexibility index (Phi) is 3.62. The van der Waals surface area contributed by atoms with Crippen LogP contribution >= 0.6 is 11.3 Å². The van der Waals surface area contributed by atoms with Crippen molar-refractivity contribution in [1.82, 2.24) is 5.32 Å². The average Bonchev–Trinajstić information content (AvgIpc) is 2.72. The van der Waals surface area contributed by atoms with E-state index in [1.165, 1.54) is 12.1 Å². The molecule has 0 atom stereocenters. The van der Waals surface area contributed by atoms with Gasteiger partial charge in [-0.1, -0.05) is 0 Å². The normalized spacial score (nSPS) is 10.3. The number of nitrogens with one attached hydrogen (secondary N) is 1. The van der Waals surface area contributed by atoms with Crippen LogP contribution in [0.25, 0.3) is 0 Å². The van der Waals surface area contributed by atoms with E-state index in [0.717, 1.165) is 17.2 Å². The Balaban J connectivity index is 2.06. The van der Waals surface area contributed by atoms with E-state index in [0.29, 0.717) is 12.2 Å². The molecule has 18 heavy (non-hydrogen) atoms. The summed E-state index contributed by atoms with van der Waals surface area (Å²) in [5.74, 6) is -1.03. The molecule has 1 aromatic carbocycles. The molecule has 3 nitrogen and oxygen atoms in total. The molecule has 0 bridgehead atoms. The average molecular weight is 264 g/mol. The van der Waals surface area contributed by atoms with Gasteiger partial charge in [0.2, 0.25) is 0 Å². The standard InChI is InChI=1S/C13H13FN2OS/c1-8-6-18-7-9(8)5-16-13(17)11-3-2-10(15)4-12(11)14/h2-4,6-7H,5,15H2,1H3,(H,16,17). The molecular formula is C13H13FN2OS. The predicted molar refractivity (Wildman–Crippen MR) is 71.0 cm³/mol. The lowest BCUT2D eigenvalue weighted by Gasteiger charge is -2.06. The molecule has 0 radical (unpaired) electrons. The topological polar surface area (TPSA) is 55.1 Å². The van der Waals surface area contributed by atoms with Crippen molar-refractivity contribution in [3.8, 4) is 0 Å². The Bertz CT molecular complexity index is 580. The summed E-state index contributed by atoms with van der Waals surface area (Å²) in [6, 6.07) is 4.04. The molecule has 5 heteroatoms. The lowest BCUT2D eigenvalue weighted by atomic mass is 10.1. The van der Waals surface area contributed by atoms with Crippen LogP contribution < -0.4 is 11.1 Å². The Morgan fingerprint density at radius 2 is 2.22 bits per heavy atom. The maximum absolute atomic E-state index is 13.5. The summed E-state index contributed by atoms with van der Waals surface area (Å²) >= 11 is 1.58. The molecule has 3 N–H and O–H groups in total. The van der Waals surface area contributed by atoms with Crippen LogP contribution in [-0.4, -0.2) is 5.91 Å². The number of anilines is 1. The van der Waals surface area contributed by atoms with Crippen LogP contribution in [0.4, 0.5) is 10.1 Å². The van der Waals surface area contributed by atoms with E-state index >= 15 is 0 Å². The van der Waals surface area contributed by atoms with Gasteiger partial charge >= 0.3 is 0 Å². The van der Waals surface area contributed by atoms with Crippen LogP contribution in [0.15, 0.2) is 29.0 Å². The molecule has 1 aromatic heterocycles. The van der Waals surface area contributed by atoms with Crippen molar-refractivity contribution in [2.45, 2.75) is 13.5 Å². The van der Waals surface area contributed by atoms with E-state index < -0.39 is 11.7 Å². The molecule has 0 spiro atoms. The van der Waals surface area contributed by atoms with Gasteiger partial charge < -0.3 is 11.1 Å². The first-order valence-electron chi connectivity index (χ1n) is 5.43. The second-order valence-corrected chi connectivity index (χ2v) is 4.75. The first-order chi connectivity index (χ1) is 8.58. The van der Waals surface area contributed by atoms with E-state index in [1.54, 1.807) is 11.3 Å². The van der Waals surface area contributed by atoms with Gasteiger partial charge in [0.05, 0.1) is 5.56 Å². The number of halogens is 1. The molecular weight excluding hydrogens is 251 g/mol. The molecule has 1 heterocycles. The second kappa shape index (κ2) is 5.18. The molecule has 2 rings (SSSR count). The molecule has 0 aliphatic carbocycles. The van der Waals surface area contributed by atoms with Gasteiger partial charge in [0.25, 0.3) is 5.91 Å². The summed E-state index contributed by atoms with van der Waals surface area (Å²) in [6.45, 7) is 2.37. The fourth-order valence-corrected chi connectivity index (χ4v) is 2.41. The van der Waals surface area contributed by atoms with Gasteiger partial charge in [-0.05, 0) is 47.0 Å². The summed E-state index contributed by atoms with van der Waals surface area (Å²) in [6.07, 6.45) is 0. The first kappa shape index (κ1) is 12.6. The molecule has 0 aliphatic heterocycles. The van der Waals surface area contributed by atoms with E-state index in [1.807, 2.05) is 17.7 Å². The number of nitrogen functional groups attached to an aromatic ring is 1. The first-order valence-corrected chi connectivity index (χ1v) is 6.37. The second-order valence-electron chi connectivity index (χ2n) is 4.00. The van der Waals surface area contributed by atoms with Crippen molar-refractivity contribution < 1.29 is 9.18 Å². The van der Waals surface area contributed by atoms with Gasteiger partial charge in [0.1, 0.15) is 5.82 Å². The highest BCUT2D eigenvalue weighted by atomic mass is 32.1. The Morgan fingerprint density at radius 1 is 1.44 bits per heavy atom. The molecule has 0 aliphatic rings. The van der Waals surface area contributed by atoms with Crippen LogP contribution in [0, 0.1) is 12.7 Å². The summed E-state index contributed by atoms with van der Waals surface area (Å²) in [5.41, 5.74) is 7.91. The van der Waals surface area contributed by atoms with Crippen molar-refractivity contribution in [2.24, 2.45) is 0 Å². The van der Waals surface area contributed by atoms with E-state index in [4.69, 9.17) is 5.73 Å². The zero-order valence-corrected chi connectivity index (χ0v) is 10.7. The highest BCUT2D eigenvalue weighted by Gasteiger charge is 2.11. The number of rotatable bonds is 3. The largest absolute Gasteiger partial charge is 0.399 e. The molecule has 94 valence electrons. The lowest BCUT2D eigenvalue weighted by Crippen LogP contribution is -2.24. The summed E-state index contributed by atoms with van der Waals surface area (Å²) in [5, 5.41) is 6.66. The third kappa shape index (κ3) is 2.68. The third-order valence-corrected chi connectivity index (χ3v) is 3.55. The fraction of sp³-hybridized carbons (Fsp3) is 0.154. The van der Waals surface area contributed by atoms with Crippen molar-refractivity contribution in [1.29, 1.82) is 0 Å². The van der Waals surface area contributed by atoms with Crippen molar-refractivity contribution in [3.63, 3.8) is 0 Å². The maximum Gasteiger partial charge on any atom is 0.254 e. The number of carbonyl (C=O) groups excluding carboxylic acids is 1. The molecule has 0 saturated carbocycles. The molecule has 0 unspecified atom stereocenters. The SMILES string of the molecule is Cc1cscc1CNC(=O)c1ccc(N)cc1F. The number of hydrogen-bond donors (Lipinski definition) is 2. The van der Waals surface area contributed by atoms with Gasteiger partial charge in [-0.15, -0.1) is 0 Å². The van der Waals surface area contributed by atoms with E-state index in [9.17, 15) is 9.18 Å². The highest BCUT2D eigenvalue weighted by Crippen LogP contribution is 2.14. The summed E-state index contributed by atoms with van der Waals surface area (Å²) in [4.78, 5) is 11.8. The number of hydrogen-bond acceptors (Lipinski definition) is 3. The van der Waals surface area contributed by atoms with E-state index in [-0.39, 0.29) is 5.56 Å². The van der Waals surface area contributed by atoms with Crippen molar-refractivity contribution in [2.75, 3.05) is 5.73 Å². The van der Waals surface area contributed by atoms with Gasteiger partial charge in [0.15, 0.2) is 0 Å².